The molecule has 3 aromatic carbocycles. The number of aliphatic hydroxyl groups is 1. The van der Waals surface area contributed by atoms with Crippen LogP contribution in [0.3, 0.4) is 0 Å². The second kappa shape index (κ2) is 10.7. The van der Waals surface area contributed by atoms with Crippen LogP contribution < -0.4 is 19.1 Å². The molecular weight excluding hydrogens is 528 g/mol. The first-order valence-electron chi connectivity index (χ1n) is 13.3. The molecule has 4 aromatic rings. The summed E-state index contributed by atoms with van der Waals surface area (Å²) >= 11 is 1.33. The van der Waals surface area contributed by atoms with Gasteiger partial charge in [-0.2, -0.15) is 0 Å². The Balaban J connectivity index is 1.50. The molecule has 1 fully saturated rings. The van der Waals surface area contributed by atoms with E-state index in [4.69, 9.17) is 19.2 Å². The first-order chi connectivity index (χ1) is 19.4. The quantitative estimate of drug-likeness (QED) is 0.126. The molecule has 1 saturated heterocycles. The Bertz CT molecular complexity index is 1660. The maximum Gasteiger partial charge on any atom is 0.301 e. The van der Waals surface area contributed by atoms with E-state index in [1.54, 1.807) is 18.2 Å². The number of anilines is 1. The van der Waals surface area contributed by atoms with Crippen molar-refractivity contribution in [2.45, 2.75) is 32.7 Å². The minimum atomic E-state index is -0.912. The lowest BCUT2D eigenvalue weighted by molar-refractivity contribution is -0.132. The highest BCUT2D eigenvalue weighted by atomic mass is 32.1. The van der Waals surface area contributed by atoms with E-state index in [9.17, 15) is 14.7 Å². The van der Waals surface area contributed by atoms with Crippen LogP contribution in [0.2, 0.25) is 0 Å². The molecule has 1 aromatic heterocycles. The number of amides is 1. The van der Waals surface area contributed by atoms with E-state index in [1.807, 2.05) is 49.4 Å². The number of Topliss-reactive ketones (excluding diaryl/α,β-unsaturated/α-hetero) is 1. The lowest BCUT2D eigenvalue weighted by Gasteiger charge is -2.24. The molecule has 0 saturated carbocycles. The normalized spacial score (nSPS) is 17.9. The largest absolute Gasteiger partial charge is 0.507 e. The highest BCUT2D eigenvalue weighted by molar-refractivity contribution is 7.22. The van der Waals surface area contributed by atoms with E-state index in [2.05, 4.69) is 6.92 Å². The van der Waals surface area contributed by atoms with Crippen LogP contribution in [0.5, 0.6) is 17.2 Å². The van der Waals surface area contributed by atoms with Crippen LogP contribution in [0.1, 0.15) is 42.5 Å². The molecule has 2 aliphatic heterocycles. The molecule has 3 heterocycles. The van der Waals surface area contributed by atoms with Crippen molar-refractivity contribution in [2.24, 2.45) is 0 Å². The van der Waals surface area contributed by atoms with Crippen molar-refractivity contribution in [3.8, 4) is 17.2 Å². The summed E-state index contributed by atoms with van der Waals surface area (Å²) in [5.41, 5.74) is 2.75. The molecule has 1 N–H and O–H groups in total. The van der Waals surface area contributed by atoms with E-state index < -0.39 is 17.7 Å². The Morgan fingerprint density at radius 1 is 1.07 bits per heavy atom. The minimum Gasteiger partial charge on any atom is -0.507 e. The minimum absolute atomic E-state index is 0.0252. The van der Waals surface area contributed by atoms with E-state index in [0.29, 0.717) is 53.3 Å². The Hall–Kier alpha value is -4.37. The van der Waals surface area contributed by atoms with Gasteiger partial charge < -0.3 is 19.3 Å². The highest BCUT2D eigenvalue weighted by Crippen LogP contribution is 2.45. The topological polar surface area (TPSA) is 98.2 Å². The van der Waals surface area contributed by atoms with Gasteiger partial charge in [0.2, 0.25) is 0 Å². The van der Waals surface area contributed by atoms with Crippen molar-refractivity contribution in [3.05, 3.63) is 82.9 Å². The summed E-state index contributed by atoms with van der Waals surface area (Å²) in [4.78, 5) is 33.3. The van der Waals surface area contributed by atoms with Crippen LogP contribution in [-0.4, -0.2) is 41.6 Å². The molecule has 2 aliphatic rings. The van der Waals surface area contributed by atoms with Crippen LogP contribution in [0, 0.1) is 6.92 Å². The first kappa shape index (κ1) is 25.9. The van der Waals surface area contributed by atoms with Gasteiger partial charge in [-0.3, -0.25) is 14.5 Å². The SMILES string of the molecule is CCCCOc1cccc([C@H]2/C(=C(\O)c3ccc4c(c3)OCCO4)C(=O)C(=O)N2c2nc3ccc(C)cc3s2)c1. The number of benzene rings is 3. The van der Waals surface area contributed by atoms with Crippen LogP contribution in [0.25, 0.3) is 16.0 Å². The third-order valence-electron chi connectivity index (χ3n) is 6.94. The fraction of sp³-hybridized carbons (Fsp3) is 0.258. The van der Waals surface area contributed by atoms with E-state index >= 15 is 0 Å². The number of rotatable bonds is 7. The highest BCUT2D eigenvalue weighted by Gasteiger charge is 2.48. The fourth-order valence-corrected chi connectivity index (χ4v) is 6.01. The van der Waals surface area contributed by atoms with Gasteiger partial charge in [0.25, 0.3) is 5.78 Å². The van der Waals surface area contributed by atoms with Crippen molar-refractivity contribution in [3.63, 3.8) is 0 Å². The number of thiazole rings is 1. The fourth-order valence-electron chi connectivity index (χ4n) is 4.92. The maximum absolute atomic E-state index is 13.6. The maximum atomic E-state index is 13.6. The van der Waals surface area contributed by atoms with Crippen LogP contribution in [-0.2, 0) is 9.59 Å². The molecule has 0 radical (unpaired) electrons. The van der Waals surface area contributed by atoms with E-state index in [-0.39, 0.29) is 11.3 Å². The summed E-state index contributed by atoms with van der Waals surface area (Å²) < 4.78 is 18.1. The number of aliphatic hydroxyl groups excluding tert-OH is 1. The molecule has 1 atom stereocenters. The smallest absolute Gasteiger partial charge is 0.301 e. The molecule has 1 amide bonds. The summed E-state index contributed by atoms with van der Waals surface area (Å²) in [7, 11) is 0. The van der Waals surface area contributed by atoms with Gasteiger partial charge in [-0.15, -0.1) is 0 Å². The standard InChI is InChI=1S/C31H28N2O6S/c1-3-4-12-37-21-7-5-6-19(16-21)27-26(28(34)20-9-11-23-24(17-20)39-14-13-38-23)29(35)30(36)33(27)31-32-22-10-8-18(2)15-25(22)40-31/h5-11,15-17,27,34H,3-4,12-14H2,1-2H3/b28-26+/t27-/m0/s1. The number of ketones is 1. The number of aryl methyl sites for hydroxylation is 1. The molecule has 40 heavy (non-hydrogen) atoms. The van der Waals surface area contributed by atoms with Crippen molar-refractivity contribution < 1.29 is 28.9 Å². The summed E-state index contributed by atoms with van der Waals surface area (Å²) in [6, 6.07) is 17.2. The van der Waals surface area contributed by atoms with Gasteiger partial charge in [-0.25, -0.2) is 4.98 Å². The van der Waals surface area contributed by atoms with Gasteiger partial charge in [-0.05, 0) is 66.9 Å². The molecule has 9 heteroatoms. The average molecular weight is 557 g/mol. The van der Waals surface area contributed by atoms with Gasteiger partial charge in [0.15, 0.2) is 16.6 Å². The Labute approximate surface area is 235 Å². The first-order valence-corrected chi connectivity index (χ1v) is 14.1. The summed E-state index contributed by atoms with van der Waals surface area (Å²) in [5, 5.41) is 11.9. The Kier molecular flexibility index (Phi) is 6.89. The molecule has 0 unspecified atom stereocenters. The van der Waals surface area contributed by atoms with Crippen molar-refractivity contribution >= 4 is 44.1 Å². The van der Waals surface area contributed by atoms with Crippen molar-refractivity contribution in [1.82, 2.24) is 4.98 Å². The summed E-state index contributed by atoms with van der Waals surface area (Å²) in [6.45, 7) is 5.44. The number of nitrogens with zero attached hydrogens (tertiary/aromatic N) is 2. The molecule has 204 valence electrons. The van der Waals surface area contributed by atoms with Crippen molar-refractivity contribution in [1.29, 1.82) is 0 Å². The third kappa shape index (κ3) is 4.66. The van der Waals surface area contributed by atoms with Gasteiger partial charge in [0, 0.05) is 5.56 Å². The number of fused-ring (bicyclic) bond motifs is 2. The second-order valence-electron chi connectivity index (χ2n) is 9.77. The Morgan fingerprint density at radius 3 is 2.73 bits per heavy atom. The second-order valence-corrected chi connectivity index (χ2v) is 10.8. The number of carbonyl (C=O) groups is 2. The number of aromatic nitrogens is 1. The van der Waals surface area contributed by atoms with Gasteiger partial charge in [0.05, 0.1) is 28.4 Å². The van der Waals surface area contributed by atoms with E-state index in [0.717, 1.165) is 28.6 Å². The lowest BCUT2D eigenvalue weighted by atomic mass is 9.95. The zero-order valence-corrected chi connectivity index (χ0v) is 23.0. The number of hydrogen-bond acceptors (Lipinski definition) is 8. The average Bonchev–Trinajstić information content (AvgIpc) is 3.50. The third-order valence-corrected chi connectivity index (χ3v) is 7.96. The predicted octanol–water partition coefficient (Wildman–Crippen LogP) is 6.18. The molecule has 0 aliphatic carbocycles. The van der Waals surface area contributed by atoms with Crippen molar-refractivity contribution in [2.75, 3.05) is 24.7 Å². The van der Waals surface area contributed by atoms with Gasteiger partial charge >= 0.3 is 5.91 Å². The molecule has 0 spiro atoms. The van der Waals surface area contributed by atoms with Gasteiger partial charge in [-0.1, -0.05) is 42.9 Å². The number of hydrogen-bond donors (Lipinski definition) is 1. The monoisotopic (exact) mass is 556 g/mol. The van der Waals surface area contributed by atoms with Gasteiger partial charge in [0.1, 0.15) is 24.7 Å². The Morgan fingerprint density at radius 2 is 1.90 bits per heavy atom. The van der Waals surface area contributed by atoms with Crippen LogP contribution in [0.4, 0.5) is 5.13 Å². The number of carbonyl (C=O) groups excluding carboxylic acids is 2. The summed E-state index contributed by atoms with van der Waals surface area (Å²) in [5.74, 6) is -0.189. The molecule has 0 bridgehead atoms. The zero-order valence-electron chi connectivity index (χ0n) is 22.2. The number of ether oxygens (including phenoxy) is 3. The number of unbranched alkanes of at least 4 members (excludes halogenated alkanes) is 1. The van der Waals surface area contributed by atoms with Crippen LogP contribution in [0.15, 0.2) is 66.2 Å². The predicted molar refractivity (Wildman–Crippen MR) is 153 cm³/mol. The van der Waals surface area contributed by atoms with Crippen LogP contribution >= 0.6 is 11.3 Å². The molecule has 6 rings (SSSR count). The summed E-state index contributed by atoms with van der Waals surface area (Å²) in [6.07, 6.45) is 1.89. The zero-order chi connectivity index (χ0) is 27.8. The molecule has 8 nitrogen and oxygen atoms in total. The van der Waals surface area contributed by atoms with E-state index in [1.165, 1.54) is 16.2 Å². The lowest BCUT2D eigenvalue weighted by Crippen LogP contribution is -2.29. The molecular formula is C31H28N2O6S.